The van der Waals surface area contributed by atoms with Gasteiger partial charge in [-0.2, -0.15) is 0 Å². The number of aromatic nitrogens is 1. The Labute approximate surface area is 182 Å². The molecule has 0 atom stereocenters. The van der Waals surface area contributed by atoms with Gasteiger partial charge < -0.3 is 23.5 Å². The van der Waals surface area contributed by atoms with Crippen molar-refractivity contribution in [3.8, 4) is 17.2 Å². The zero-order valence-electron chi connectivity index (χ0n) is 18.2. The van der Waals surface area contributed by atoms with Crippen molar-refractivity contribution in [1.29, 1.82) is 0 Å². The molecule has 2 aromatic heterocycles. The molecule has 0 saturated heterocycles. The second kappa shape index (κ2) is 11.1. The van der Waals surface area contributed by atoms with E-state index in [9.17, 15) is 4.79 Å². The zero-order valence-corrected chi connectivity index (χ0v) is 18.2. The van der Waals surface area contributed by atoms with E-state index in [1.807, 2.05) is 39.0 Å². The lowest BCUT2D eigenvalue weighted by Gasteiger charge is -2.23. The van der Waals surface area contributed by atoms with Gasteiger partial charge in [0.05, 0.1) is 32.6 Å². The fourth-order valence-corrected chi connectivity index (χ4v) is 3.20. The molecule has 0 spiro atoms. The second-order valence-electron chi connectivity index (χ2n) is 6.70. The summed E-state index contributed by atoms with van der Waals surface area (Å²) in [4.78, 5) is 19.4. The van der Waals surface area contributed by atoms with Crippen LogP contribution in [0.1, 0.15) is 42.5 Å². The number of benzene rings is 1. The van der Waals surface area contributed by atoms with Crippen LogP contribution in [-0.2, 0) is 13.1 Å². The predicted octanol–water partition coefficient (Wildman–Crippen LogP) is 4.71. The minimum atomic E-state index is -0.176. The van der Waals surface area contributed by atoms with Crippen LogP contribution in [0.25, 0.3) is 0 Å². The number of ether oxygens (including phenoxy) is 3. The van der Waals surface area contributed by atoms with Gasteiger partial charge in [-0.15, -0.1) is 0 Å². The van der Waals surface area contributed by atoms with Crippen LogP contribution < -0.4 is 14.2 Å². The maximum Gasteiger partial charge on any atom is 0.254 e. The molecule has 0 aliphatic rings. The largest absolute Gasteiger partial charge is 0.490 e. The van der Waals surface area contributed by atoms with Gasteiger partial charge in [-0.25, -0.2) is 0 Å². The van der Waals surface area contributed by atoms with E-state index in [-0.39, 0.29) is 5.91 Å². The van der Waals surface area contributed by atoms with Crippen LogP contribution in [0.5, 0.6) is 17.2 Å². The average Bonchev–Trinajstić information content (AvgIpc) is 3.29. The van der Waals surface area contributed by atoms with Gasteiger partial charge in [0.15, 0.2) is 11.5 Å². The van der Waals surface area contributed by atoms with E-state index in [2.05, 4.69) is 4.98 Å². The molecule has 0 radical (unpaired) electrons. The number of hydrogen-bond donors (Lipinski definition) is 0. The lowest BCUT2D eigenvalue weighted by molar-refractivity contribution is 0.0716. The summed E-state index contributed by atoms with van der Waals surface area (Å²) in [6.45, 7) is 7.70. The Morgan fingerprint density at radius 2 is 1.68 bits per heavy atom. The maximum atomic E-state index is 13.6. The first kappa shape index (κ1) is 22.2. The van der Waals surface area contributed by atoms with E-state index in [4.69, 9.17) is 18.6 Å². The quantitative estimate of drug-likeness (QED) is 0.444. The van der Waals surface area contributed by atoms with Gasteiger partial charge in [-0.3, -0.25) is 9.78 Å². The summed E-state index contributed by atoms with van der Waals surface area (Å²) in [7, 11) is 0. The standard InChI is InChI=1S/C24H28N2O5/c1-4-28-21-13-19(14-22(29-5-2)23(21)30-6-3)24(27)26(17-20-10-8-12-31-20)16-18-9-7-11-25-15-18/h7-15H,4-6,16-17H2,1-3H3. The second-order valence-corrected chi connectivity index (χ2v) is 6.70. The SMILES string of the molecule is CCOc1cc(C(=O)N(Cc2cccnc2)Cc2ccco2)cc(OCC)c1OCC. The number of rotatable bonds is 11. The summed E-state index contributed by atoms with van der Waals surface area (Å²) < 4.78 is 22.8. The van der Waals surface area contributed by atoms with Crippen LogP contribution >= 0.6 is 0 Å². The third-order valence-corrected chi connectivity index (χ3v) is 4.47. The number of amides is 1. The van der Waals surface area contributed by atoms with Crippen molar-refractivity contribution in [2.24, 2.45) is 0 Å². The van der Waals surface area contributed by atoms with Crippen LogP contribution in [0.15, 0.2) is 59.5 Å². The van der Waals surface area contributed by atoms with Crippen molar-refractivity contribution in [3.63, 3.8) is 0 Å². The Balaban J connectivity index is 1.98. The van der Waals surface area contributed by atoms with Crippen LogP contribution in [0.2, 0.25) is 0 Å². The van der Waals surface area contributed by atoms with Gasteiger partial charge in [0.1, 0.15) is 5.76 Å². The summed E-state index contributed by atoms with van der Waals surface area (Å²) in [5, 5.41) is 0. The van der Waals surface area contributed by atoms with Crippen molar-refractivity contribution >= 4 is 5.91 Å². The minimum absolute atomic E-state index is 0.176. The molecule has 0 aliphatic heterocycles. The molecule has 7 heteroatoms. The zero-order chi connectivity index (χ0) is 22.1. The van der Waals surface area contributed by atoms with Crippen molar-refractivity contribution in [1.82, 2.24) is 9.88 Å². The van der Waals surface area contributed by atoms with Crippen molar-refractivity contribution in [3.05, 3.63) is 71.9 Å². The van der Waals surface area contributed by atoms with E-state index in [1.54, 1.807) is 41.8 Å². The molecule has 0 fully saturated rings. The first-order valence-corrected chi connectivity index (χ1v) is 10.4. The van der Waals surface area contributed by atoms with E-state index in [0.717, 1.165) is 5.56 Å². The van der Waals surface area contributed by atoms with E-state index in [1.165, 1.54) is 0 Å². The normalized spacial score (nSPS) is 10.5. The predicted molar refractivity (Wildman–Crippen MR) is 116 cm³/mol. The number of hydrogen-bond acceptors (Lipinski definition) is 6. The number of nitrogens with zero attached hydrogens (tertiary/aromatic N) is 2. The molecule has 3 aromatic rings. The maximum absolute atomic E-state index is 13.6. The van der Waals surface area contributed by atoms with Gasteiger partial charge in [-0.1, -0.05) is 6.07 Å². The lowest BCUT2D eigenvalue weighted by atomic mass is 10.1. The Kier molecular flexibility index (Phi) is 7.92. The molecule has 31 heavy (non-hydrogen) atoms. The Morgan fingerprint density at radius 3 is 2.23 bits per heavy atom. The third kappa shape index (κ3) is 5.78. The molecule has 0 unspecified atom stereocenters. The molecule has 0 N–H and O–H groups in total. The lowest BCUT2D eigenvalue weighted by Crippen LogP contribution is -2.30. The van der Waals surface area contributed by atoms with Crippen LogP contribution in [0.4, 0.5) is 0 Å². The van der Waals surface area contributed by atoms with Crippen molar-refractivity contribution < 1.29 is 23.4 Å². The molecule has 1 aromatic carbocycles. The molecule has 3 rings (SSSR count). The molecule has 0 bridgehead atoms. The highest BCUT2D eigenvalue weighted by Crippen LogP contribution is 2.39. The fourth-order valence-electron chi connectivity index (χ4n) is 3.20. The fraction of sp³-hybridized carbons (Fsp3) is 0.333. The summed E-state index contributed by atoms with van der Waals surface area (Å²) in [5.74, 6) is 1.99. The van der Waals surface area contributed by atoms with Crippen molar-refractivity contribution in [2.45, 2.75) is 33.9 Å². The van der Waals surface area contributed by atoms with Gasteiger partial charge in [-0.05, 0) is 56.7 Å². The van der Waals surface area contributed by atoms with E-state index < -0.39 is 0 Å². The number of carbonyl (C=O) groups excluding carboxylic acids is 1. The first-order valence-electron chi connectivity index (χ1n) is 10.4. The summed E-state index contributed by atoms with van der Waals surface area (Å²) in [5.41, 5.74) is 1.37. The molecule has 164 valence electrons. The first-order chi connectivity index (χ1) is 15.2. The number of pyridine rings is 1. The molecule has 0 saturated carbocycles. The molecule has 0 aliphatic carbocycles. The molecule has 2 heterocycles. The molecule has 1 amide bonds. The third-order valence-electron chi connectivity index (χ3n) is 4.47. The molecule has 7 nitrogen and oxygen atoms in total. The Morgan fingerprint density at radius 1 is 0.968 bits per heavy atom. The smallest absolute Gasteiger partial charge is 0.254 e. The Hall–Kier alpha value is -3.48. The Bertz CT molecular complexity index is 930. The topological polar surface area (TPSA) is 74.0 Å². The highest BCUT2D eigenvalue weighted by molar-refractivity contribution is 5.95. The van der Waals surface area contributed by atoms with Crippen LogP contribution in [0, 0.1) is 0 Å². The average molecular weight is 424 g/mol. The number of furan rings is 1. The van der Waals surface area contributed by atoms with Gasteiger partial charge in [0, 0.05) is 24.5 Å². The highest BCUT2D eigenvalue weighted by Gasteiger charge is 2.23. The van der Waals surface area contributed by atoms with Gasteiger partial charge in [0.2, 0.25) is 5.75 Å². The van der Waals surface area contributed by atoms with Gasteiger partial charge in [0.25, 0.3) is 5.91 Å². The summed E-state index contributed by atoms with van der Waals surface area (Å²) >= 11 is 0. The summed E-state index contributed by atoms with van der Waals surface area (Å²) in [6, 6.07) is 10.8. The minimum Gasteiger partial charge on any atom is -0.490 e. The highest BCUT2D eigenvalue weighted by atomic mass is 16.5. The molecular weight excluding hydrogens is 396 g/mol. The van der Waals surface area contributed by atoms with Crippen LogP contribution in [-0.4, -0.2) is 35.6 Å². The van der Waals surface area contributed by atoms with Gasteiger partial charge >= 0.3 is 0 Å². The van der Waals surface area contributed by atoms with Crippen LogP contribution in [0.3, 0.4) is 0 Å². The van der Waals surface area contributed by atoms with Crippen molar-refractivity contribution in [2.75, 3.05) is 19.8 Å². The number of carbonyl (C=O) groups is 1. The van der Waals surface area contributed by atoms with E-state index in [0.29, 0.717) is 61.5 Å². The summed E-state index contributed by atoms with van der Waals surface area (Å²) in [6.07, 6.45) is 5.05. The monoisotopic (exact) mass is 424 g/mol. The molecular formula is C24H28N2O5. The van der Waals surface area contributed by atoms with E-state index >= 15 is 0 Å².